The Morgan fingerprint density at radius 1 is 1.21 bits per heavy atom. The predicted octanol–water partition coefficient (Wildman–Crippen LogP) is 2.78. The van der Waals surface area contributed by atoms with Crippen LogP contribution in [-0.4, -0.2) is 24.1 Å². The Balaban J connectivity index is 2.38. The third-order valence-electron chi connectivity index (χ3n) is 2.78. The number of halogens is 1. The summed E-state index contributed by atoms with van der Waals surface area (Å²) in [6.45, 7) is 2.19. The van der Waals surface area contributed by atoms with E-state index in [1.807, 2.05) is 24.3 Å². The topological polar surface area (TPSA) is 47.0 Å². The van der Waals surface area contributed by atoms with E-state index in [1.165, 1.54) is 0 Å². The monoisotopic (exact) mass is 261 g/mol. The summed E-state index contributed by atoms with van der Waals surface area (Å²) >= 11 is 0. The summed E-state index contributed by atoms with van der Waals surface area (Å²) in [6.07, 6.45) is 0. The Hall–Kier alpha value is -2.01. The quantitative estimate of drug-likeness (QED) is 0.919. The highest BCUT2D eigenvalue weighted by atomic mass is 19.1. The molecule has 1 aromatic heterocycles. The van der Waals surface area contributed by atoms with Crippen molar-refractivity contribution in [2.45, 2.75) is 13.5 Å². The van der Waals surface area contributed by atoms with Crippen LogP contribution >= 0.6 is 0 Å². The zero-order valence-corrected chi connectivity index (χ0v) is 11.2. The summed E-state index contributed by atoms with van der Waals surface area (Å²) in [5.41, 5.74) is 2.24. The molecular formula is C14H16FN3O. The minimum absolute atomic E-state index is 0.212. The highest BCUT2D eigenvalue weighted by molar-refractivity contribution is 5.58. The number of aromatic nitrogens is 2. The van der Waals surface area contributed by atoms with Gasteiger partial charge in [-0.05, 0) is 12.5 Å². The van der Waals surface area contributed by atoms with Crippen molar-refractivity contribution in [3.05, 3.63) is 41.3 Å². The zero-order valence-electron chi connectivity index (χ0n) is 11.2. The van der Waals surface area contributed by atoms with Crippen molar-refractivity contribution in [3.8, 4) is 11.4 Å². The Morgan fingerprint density at radius 3 is 2.47 bits per heavy atom. The van der Waals surface area contributed by atoms with Gasteiger partial charge < -0.3 is 10.1 Å². The van der Waals surface area contributed by atoms with Crippen molar-refractivity contribution in [3.63, 3.8) is 0 Å². The van der Waals surface area contributed by atoms with Gasteiger partial charge >= 0.3 is 0 Å². The molecule has 0 saturated heterocycles. The average Bonchev–Trinajstić information content (AvgIpc) is 2.43. The molecule has 0 fully saturated rings. The maximum absolute atomic E-state index is 13.7. The Labute approximate surface area is 111 Å². The summed E-state index contributed by atoms with van der Waals surface area (Å²) in [5.74, 6) is 0.304. The van der Waals surface area contributed by atoms with Crippen molar-refractivity contribution in [1.29, 1.82) is 0 Å². The number of ether oxygens (including phenoxy) is 1. The molecule has 0 aliphatic rings. The van der Waals surface area contributed by atoms with E-state index in [0.717, 1.165) is 11.1 Å². The molecule has 1 N–H and O–H groups in total. The van der Waals surface area contributed by atoms with Crippen molar-refractivity contribution >= 4 is 5.82 Å². The highest BCUT2D eigenvalue weighted by Gasteiger charge is 2.11. The molecule has 5 heteroatoms. The Morgan fingerprint density at radius 2 is 1.89 bits per heavy atom. The maximum Gasteiger partial charge on any atom is 0.186 e. The van der Waals surface area contributed by atoms with Crippen LogP contribution in [0.5, 0.6) is 0 Å². The lowest BCUT2D eigenvalue weighted by Crippen LogP contribution is -2.03. The molecule has 0 aliphatic heterocycles. The van der Waals surface area contributed by atoms with Gasteiger partial charge in [0.25, 0.3) is 0 Å². The number of rotatable bonds is 4. The second-order valence-electron chi connectivity index (χ2n) is 4.18. The van der Waals surface area contributed by atoms with Crippen molar-refractivity contribution in [2.24, 2.45) is 0 Å². The van der Waals surface area contributed by atoms with Gasteiger partial charge in [-0.15, -0.1) is 0 Å². The van der Waals surface area contributed by atoms with Gasteiger partial charge in [-0.3, -0.25) is 0 Å². The van der Waals surface area contributed by atoms with Crippen LogP contribution in [0, 0.1) is 12.7 Å². The molecule has 1 aromatic carbocycles. The van der Waals surface area contributed by atoms with Crippen molar-refractivity contribution < 1.29 is 9.13 Å². The fourth-order valence-electron chi connectivity index (χ4n) is 1.77. The molecular weight excluding hydrogens is 245 g/mol. The number of nitrogens with zero attached hydrogens (tertiary/aromatic N) is 2. The first-order valence-electron chi connectivity index (χ1n) is 5.96. The van der Waals surface area contributed by atoms with Crippen LogP contribution in [0.1, 0.15) is 11.3 Å². The normalized spacial score (nSPS) is 10.5. The summed E-state index contributed by atoms with van der Waals surface area (Å²) in [6, 6.07) is 7.70. The number of benzene rings is 1. The van der Waals surface area contributed by atoms with Crippen LogP contribution in [0.15, 0.2) is 24.3 Å². The van der Waals surface area contributed by atoms with Gasteiger partial charge in [0, 0.05) is 19.7 Å². The molecule has 0 amide bonds. The second kappa shape index (κ2) is 5.75. The van der Waals surface area contributed by atoms with Crippen LogP contribution in [0.25, 0.3) is 11.4 Å². The first-order chi connectivity index (χ1) is 9.15. The van der Waals surface area contributed by atoms with Crippen LogP contribution in [-0.2, 0) is 11.3 Å². The molecule has 4 nitrogen and oxygen atoms in total. The molecule has 100 valence electrons. The molecule has 0 unspecified atom stereocenters. The second-order valence-corrected chi connectivity index (χ2v) is 4.18. The van der Waals surface area contributed by atoms with Crippen LogP contribution in [0.3, 0.4) is 0 Å². The van der Waals surface area contributed by atoms with Gasteiger partial charge in [0.1, 0.15) is 0 Å². The van der Waals surface area contributed by atoms with Gasteiger partial charge in [-0.25, -0.2) is 14.4 Å². The number of hydrogen-bond acceptors (Lipinski definition) is 4. The van der Waals surface area contributed by atoms with Crippen LogP contribution < -0.4 is 5.32 Å². The lowest BCUT2D eigenvalue weighted by atomic mass is 10.1. The molecule has 1 heterocycles. The fourth-order valence-corrected chi connectivity index (χ4v) is 1.77. The summed E-state index contributed by atoms with van der Waals surface area (Å²) in [5, 5.41) is 2.73. The van der Waals surface area contributed by atoms with E-state index in [0.29, 0.717) is 18.1 Å². The highest BCUT2D eigenvalue weighted by Crippen LogP contribution is 2.21. The Bertz CT molecular complexity index is 570. The minimum Gasteiger partial charge on any atom is -0.380 e. The minimum atomic E-state index is -0.415. The summed E-state index contributed by atoms with van der Waals surface area (Å²) < 4.78 is 18.7. The van der Waals surface area contributed by atoms with E-state index in [-0.39, 0.29) is 5.82 Å². The fraction of sp³-hybridized carbons (Fsp3) is 0.286. The Kier molecular flexibility index (Phi) is 4.06. The van der Waals surface area contributed by atoms with Crippen LogP contribution in [0.2, 0.25) is 0 Å². The lowest BCUT2D eigenvalue weighted by Gasteiger charge is -2.08. The van der Waals surface area contributed by atoms with Gasteiger partial charge in [-0.2, -0.15) is 0 Å². The summed E-state index contributed by atoms with van der Waals surface area (Å²) in [4.78, 5) is 8.34. The number of hydrogen-bond donors (Lipinski definition) is 1. The standard InChI is InChI=1S/C14H16FN3O/c1-9-12(15)14(16-2)18-13(17-9)11-6-4-10(5-7-11)8-19-3/h4-7H,8H2,1-3H3,(H,16,17,18). The lowest BCUT2D eigenvalue weighted by molar-refractivity contribution is 0.185. The average molecular weight is 261 g/mol. The SMILES string of the molecule is CNc1nc(-c2ccc(COC)cc2)nc(C)c1F. The molecule has 0 atom stereocenters. The molecule has 2 aromatic rings. The van der Waals surface area contributed by atoms with Crippen molar-refractivity contribution in [2.75, 3.05) is 19.5 Å². The van der Waals surface area contributed by atoms with E-state index in [2.05, 4.69) is 15.3 Å². The molecule has 0 saturated carbocycles. The molecule has 0 spiro atoms. The number of anilines is 1. The molecule has 19 heavy (non-hydrogen) atoms. The van der Waals surface area contributed by atoms with E-state index in [4.69, 9.17) is 4.74 Å². The number of aryl methyl sites for hydroxylation is 1. The molecule has 0 aliphatic carbocycles. The van der Waals surface area contributed by atoms with Gasteiger partial charge in [-0.1, -0.05) is 24.3 Å². The van der Waals surface area contributed by atoms with Gasteiger partial charge in [0.05, 0.1) is 12.3 Å². The number of nitrogens with one attached hydrogen (secondary N) is 1. The first-order valence-corrected chi connectivity index (χ1v) is 5.96. The third-order valence-corrected chi connectivity index (χ3v) is 2.78. The third kappa shape index (κ3) is 2.88. The van der Waals surface area contributed by atoms with Crippen LogP contribution in [0.4, 0.5) is 10.2 Å². The first kappa shape index (κ1) is 13.4. The van der Waals surface area contributed by atoms with Gasteiger partial charge in [0.2, 0.25) is 0 Å². The zero-order chi connectivity index (χ0) is 13.8. The summed E-state index contributed by atoms with van der Waals surface area (Å²) in [7, 11) is 3.29. The van der Waals surface area contributed by atoms with E-state index in [1.54, 1.807) is 21.1 Å². The van der Waals surface area contributed by atoms with E-state index < -0.39 is 5.82 Å². The smallest absolute Gasteiger partial charge is 0.186 e. The predicted molar refractivity (Wildman–Crippen MR) is 72.4 cm³/mol. The number of methoxy groups -OCH3 is 1. The molecule has 0 bridgehead atoms. The van der Waals surface area contributed by atoms with E-state index in [9.17, 15) is 4.39 Å². The molecule has 2 rings (SSSR count). The van der Waals surface area contributed by atoms with Crippen molar-refractivity contribution in [1.82, 2.24) is 9.97 Å². The van der Waals surface area contributed by atoms with E-state index >= 15 is 0 Å². The molecule has 0 radical (unpaired) electrons. The maximum atomic E-state index is 13.7. The van der Waals surface area contributed by atoms with Gasteiger partial charge in [0.15, 0.2) is 17.5 Å². The largest absolute Gasteiger partial charge is 0.380 e.